The number of benzene rings is 7. The molecule has 8 N–H and O–H groups in total. The number of amides is 1. The molecule has 0 spiro atoms. The van der Waals surface area contributed by atoms with E-state index in [2.05, 4.69) is 31.1 Å². The topological polar surface area (TPSA) is 324 Å². The summed E-state index contributed by atoms with van der Waals surface area (Å²) < 4.78 is 75.6. The summed E-state index contributed by atoms with van der Waals surface area (Å²) >= 11 is 0. The van der Waals surface area contributed by atoms with Crippen molar-refractivity contribution in [2.45, 2.75) is 9.79 Å². The molecule has 0 bridgehead atoms. The molecule has 0 atom stereocenters. The standard InChI is InChI=1S/C42H30N6O14S2.4Na/c49-34-15-11-27(18-32(34)42(54)55)45-46-33-20-35(62-21-37(50)51)38(30-14-12-28(19-31(30)33)63(56,57)58)47-48-39-36(64(59,60)61)17-23-16-26(10-13-29(23)40(39)52)43-24-6-8-25(9-7-24)44-41(53)22-4-2-1-3-5-22;;;;/h1-20,43,49,52H,21H2,(H,44,53)(H,50,51)(H,54,55)(H,56,57,58)(H,59,60,61);;;;. The van der Waals surface area contributed by atoms with Crippen molar-refractivity contribution >= 4 is 218 Å². The molecule has 0 aromatic heterocycles. The Bertz CT molecular complexity index is 3350. The first-order chi connectivity index (χ1) is 30.3. The van der Waals surface area contributed by atoms with Gasteiger partial charge in [-0.3, -0.25) is 13.9 Å². The van der Waals surface area contributed by atoms with E-state index in [0.717, 1.165) is 42.5 Å². The van der Waals surface area contributed by atoms with Gasteiger partial charge in [-0.15, -0.1) is 15.3 Å². The molecule has 0 aliphatic heterocycles. The number of phenols is 2. The van der Waals surface area contributed by atoms with Crippen molar-refractivity contribution in [2.24, 2.45) is 20.5 Å². The number of hydrogen-bond donors (Lipinski definition) is 8. The molecule has 7 aromatic carbocycles. The molecular formula is C42H30N6Na4O14S2. The van der Waals surface area contributed by atoms with Crippen molar-refractivity contribution in [1.29, 1.82) is 0 Å². The molecule has 68 heavy (non-hydrogen) atoms. The van der Waals surface area contributed by atoms with Gasteiger partial charge in [-0.05, 0) is 96.4 Å². The number of aromatic carboxylic acids is 1. The monoisotopic (exact) mass is 998 g/mol. The second-order valence-corrected chi connectivity index (χ2v) is 16.3. The summed E-state index contributed by atoms with van der Waals surface area (Å²) in [5.74, 6) is -4.99. The molecule has 0 aliphatic rings. The molecule has 0 saturated heterocycles. The van der Waals surface area contributed by atoms with Crippen molar-refractivity contribution in [3.05, 3.63) is 132 Å². The average molecular weight is 999 g/mol. The van der Waals surface area contributed by atoms with Crippen molar-refractivity contribution in [1.82, 2.24) is 0 Å². The van der Waals surface area contributed by atoms with E-state index in [0.29, 0.717) is 22.6 Å². The van der Waals surface area contributed by atoms with E-state index in [9.17, 15) is 60.8 Å². The van der Waals surface area contributed by atoms with E-state index in [1.165, 1.54) is 18.2 Å². The van der Waals surface area contributed by atoms with Crippen molar-refractivity contribution in [3.63, 3.8) is 0 Å². The third-order valence-electron chi connectivity index (χ3n) is 9.20. The third kappa shape index (κ3) is 13.9. The Balaban J connectivity index is 0.00000306. The smallest absolute Gasteiger partial charge is 0.341 e. The van der Waals surface area contributed by atoms with Gasteiger partial charge in [-0.25, -0.2) is 9.59 Å². The van der Waals surface area contributed by atoms with Crippen LogP contribution in [0.2, 0.25) is 0 Å². The van der Waals surface area contributed by atoms with E-state index >= 15 is 0 Å². The fourth-order valence-corrected chi connectivity index (χ4v) is 7.39. The van der Waals surface area contributed by atoms with Crippen LogP contribution in [0.15, 0.2) is 152 Å². The Morgan fingerprint density at radius 2 is 1.24 bits per heavy atom. The van der Waals surface area contributed by atoms with Gasteiger partial charge in [0.1, 0.15) is 27.6 Å². The fraction of sp³-hybridized carbons (Fsp3) is 0.0238. The van der Waals surface area contributed by atoms with Crippen LogP contribution in [-0.2, 0) is 25.0 Å². The summed E-state index contributed by atoms with van der Waals surface area (Å²) in [6.07, 6.45) is 0. The summed E-state index contributed by atoms with van der Waals surface area (Å²) in [7, 11) is -10.0. The number of azo groups is 2. The van der Waals surface area contributed by atoms with E-state index in [-0.39, 0.29) is 163 Å². The van der Waals surface area contributed by atoms with Crippen LogP contribution < -0.4 is 15.4 Å². The minimum absolute atomic E-state index is 0. The van der Waals surface area contributed by atoms with Crippen LogP contribution in [0.1, 0.15) is 20.7 Å². The molecule has 0 heterocycles. The average Bonchev–Trinajstić information content (AvgIpc) is 3.25. The fourth-order valence-electron chi connectivity index (χ4n) is 6.23. The van der Waals surface area contributed by atoms with Gasteiger partial charge in [0.25, 0.3) is 26.1 Å². The van der Waals surface area contributed by atoms with Gasteiger partial charge in [0.05, 0.1) is 16.3 Å². The van der Waals surface area contributed by atoms with Gasteiger partial charge in [0, 0.05) is 163 Å². The second kappa shape index (κ2) is 24.5. The number of aliphatic carboxylic acids is 1. The van der Waals surface area contributed by atoms with Crippen LogP contribution in [0.3, 0.4) is 0 Å². The SMILES string of the molecule is O=C(O)COc1cc(N=Nc2ccc(O)c(C(=O)O)c2)c2cc(S(=O)(=O)O)ccc2c1N=Nc1c(S(=O)(=O)O)cc2cc(Nc3ccc(NC(=O)c4ccccc4)cc3)ccc2c1O.[Na].[Na].[Na].[Na]. The molecule has 0 unspecified atom stereocenters. The van der Waals surface area contributed by atoms with E-state index in [4.69, 9.17) is 4.74 Å². The second-order valence-electron chi connectivity index (χ2n) is 13.5. The van der Waals surface area contributed by atoms with Crippen molar-refractivity contribution in [3.8, 4) is 17.2 Å². The predicted molar refractivity (Wildman–Crippen MR) is 253 cm³/mol. The summed E-state index contributed by atoms with van der Waals surface area (Å²) in [4.78, 5) is 34.2. The van der Waals surface area contributed by atoms with Crippen LogP contribution in [-0.4, -0.2) is 189 Å². The first-order valence-corrected chi connectivity index (χ1v) is 21.1. The van der Waals surface area contributed by atoms with Gasteiger partial charge in [-0.2, -0.15) is 21.9 Å². The van der Waals surface area contributed by atoms with Gasteiger partial charge < -0.3 is 35.8 Å². The third-order valence-corrected chi connectivity index (χ3v) is 10.9. The number of nitrogens with zero attached hydrogens (tertiary/aromatic N) is 4. The molecule has 0 fully saturated rings. The van der Waals surface area contributed by atoms with E-state index < -0.39 is 77.1 Å². The summed E-state index contributed by atoms with van der Waals surface area (Å²) in [5.41, 5.74) is -0.0246. The van der Waals surface area contributed by atoms with Gasteiger partial charge in [0.15, 0.2) is 18.1 Å². The summed E-state index contributed by atoms with van der Waals surface area (Å²) in [6, 6.07) is 28.0. The number of hydrogen-bond acceptors (Lipinski definition) is 15. The Hall–Kier alpha value is -4.31. The van der Waals surface area contributed by atoms with E-state index in [1.807, 2.05) is 0 Å². The van der Waals surface area contributed by atoms with Gasteiger partial charge in [-0.1, -0.05) is 24.3 Å². The van der Waals surface area contributed by atoms with Crippen LogP contribution in [0, 0.1) is 0 Å². The number of aromatic hydroxyl groups is 2. The number of rotatable bonds is 14. The maximum absolute atomic E-state index is 12.8. The van der Waals surface area contributed by atoms with Crippen molar-refractivity contribution in [2.75, 3.05) is 17.2 Å². The maximum atomic E-state index is 12.8. The zero-order valence-corrected chi connectivity index (χ0v) is 45.9. The predicted octanol–water partition coefficient (Wildman–Crippen LogP) is 7.36. The van der Waals surface area contributed by atoms with Gasteiger partial charge >= 0.3 is 11.9 Å². The minimum atomic E-state index is -5.16. The first kappa shape index (κ1) is 58.0. The van der Waals surface area contributed by atoms with Crippen LogP contribution in [0.5, 0.6) is 17.2 Å². The molecule has 7 rings (SSSR count). The zero-order chi connectivity index (χ0) is 45.9. The number of nitrogens with one attached hydrogen (secondary N) is 2. The number of carboxylic acid groups (broad SMARTS) is 2. The zero-order valence-electron chi connectivity index (χ0n) is 36.3. The Morgan fingerprint density at radius 3 is 1.87 bits per heavy atom. The first-order valence-electron chi connectivity index (χ1n) is 18.2. The number of carbonyl (C=O) groups excluding carboxylic acids is 1. The number of carbonyl (C=O) groups is 3. The van der Waals surface area contributed by atoms with Crippen LogP contribution in [0.25, 0.3) is 21.5 Å². The minimum Gasteiger partial charge on any atom is -0.507 e. The summed E-state index contributed by atoms with van der Waals surface area (Å²) in [5, 5.41) is 62.1. The number of anilines is 3. The number of fused-ring (bicyclic) bond motifs is 2. The maximum Gasteiger partial charge on any atom is 0.341 e. The van der Waals surface area contributed by atoms with Gasteiger partial charge in [0.2, 0.25) is 0 Å². The molecule has 0 aliphatic carbocycles. The molecule has 20 nitrogen and oxygen atoms in total. The quantitative estimate of drug-likeness (QED) is 0.0300. The molecule has 26 heteroatoms. The molecule has 0 saturated carbocycles. The van der Waals surface area contributed by atoms with Crippen LogP contribution >= 0.6 is 0 Å². The normalized spacial score (nSPS) is 11.2. The molecule has 7 aromatic rings. The molecular weight excluding hydrogens is 969 g/mol. The number of ether oxygens (including phenoxy) is 1. The molecule has 328 valence electrons. The number of phenolic OH excluding ortho intramolecular Hbond substituents is 1. The Kier molecular flexibility index (Phi) is 20.9. The summed E-state index contributed by atoms with van der Waals surface area (Å²) in [6.45, 7) is -0.990. The molecule has 1 amide bonds. The Morgan fingerprint density at radius 1 is 0.603 bits per heavy atom. The molecule has 4 radical (unpaired) electrons. The Labute approximate surface area is 474 Å². The van der Waals surface area contributed by atoms with E-state index in [1.54, 1.807) is 60.7 Å². The van der Waals surface area contributed by atoms with Crippen LogP contribution in [0.4, 0.5) is 39.8 Å². The number of carboxylic acids is 2. The van der Waals surface area contributed by atoms with Crippen molar-refractivity contribution < 1.29 is 65.5 Å². The largest absolute Gasteiger partial charge is 0.507 e.